The summed E-state index contributed by atoms with van der Waals surface area (Å²) in [5, 5.41) is 5.61. The van der Waals surface area contributed by atoms with Crippen LogP contribution in [0.1, 0.15) is 41.0 Å². The molecule has 0 fully saturated rings. The minimum atomic E-state index is -0.727. The van der Waals surface area contributed by atoms with Crippen molar-refractivity contribution in [1.29, 1.82) is 0 Å². The molecule has 0 heterocycles. The molecule has 0 spiro atoms. The fraction of sp³-hybridized carbons (Fsp3) is 0.500. The van der Waals surface area contributed by atoms with Crippen LogP contribution in [0.25, 0.3) is 0 Å². The first-order chi connectivity index (χ1) is 9.57. The van der Waals surface area contributed by atoms with Crippen LogP contribution in [0.15, 0.2) is 24.3 Å². The van der Waals surface area contributed by atoms with E-state index < -0.39 is 11.0 Å². The molecule has 0 bridgehead atoms. The predicted molar refractivity (Wildman–Crippen MR) is 86.0 cm³/mol. The molecule has 0 atom stereocenters. The van der Waals surface area contributed by atoms with Crippen LogP contribution in [0, 0.1) is 5.41 Å². The normalized spacial score (nSPS) is 11.9. The molecule has 1 rings (SSSR count). The summed E-state index contributed by atoms with van der Waals surface area (Å²) in [6.45, 7) is 9.05. The number of hydrogen-bond donors (Lipinski definition) is 3. The van der Waals surface area contributed by atoms with Gasteiger partial charge in [0.05, 0.1) is 5.41 Å². The summed E-state index contributed by atoms with van der Waals surface area (Å²) >= 11 is 0. The highest BCUT2D eigenvalue weighted by atomic mass is 16.2. The molecule has 0 aromatic heterocycles. The van der Waals surface area contributed by atoms with E-state index in [1.54, 1.807) is 31.2 Å². The van der Waals surface area contributed by atoms with E-state index in [1.807, 2.05) is 27.7 Å². The average molecular weight is 291 g/mol. The predicted octanol–water partition coefficient (Wildman–Crippen LogP) is 2.74. The van der Waals surface area contributed by atoms with Crippen molar-refractivity contribution in [2.24, 2.45) is 11.1 Å². The smallest absolute Gasteiger partial charge is 0.231 e. The van der Waals surface area contributed by atoms with Gasteiger partial charge in [0.2, 0.25) is 11.8 Å². The van der Waals surface area contributed by atoms with Gasteiger partial charge in [0, 0.05) is 23.3 Å². The second-order valence-corrected chi connectivity index (χ2v) is 6.28. The van der Waals surface area contributed by atoms with Crippen molar-refractivity contribution in [3.8, 4) is 0 Å². The van der Waals surface area contributed by atoms with Crippen molar-refractivity contribution in [3.63, 3.8) is 0 Å². The summed E-state index contributed by atoms with van der Waals surface area (Å²) < 4.78 is 0. The van der Waals surface area contributed by atoms with Crippen molar-refractivity contribution in [3.05, 3.63) is 24.3 Å². The number of nitrogens with one attached hydrogen (secondary N) is 2. The van der Waals surface area contributed by atoms with E-state index in [-0.39, 0.29) is 11.8 Å². The topological polar surface area (TPSA) is 84.2 Å². The van der Waals surface area contributed by atoms with Gasteiger partial charge >= 0.3 is 0 Å². The van der Waals surface area contributed by atoms with Gasteiger partial charge in [0.25, 0.3) is 0 Å². The fourth-order valence-corrected chi connectivity index (χ4v) is 1.50. The average Bonchev–Trinajstić information content (AvgIpc) is 2.37. The molecule has 5 heteroatoms. The second-order valence-electron chi connectivity index (χ2n) is 6.28. The van der Waals surface area contributed by atoms with Crippen LogP contribution in [0.5, 0.6) is 0 Å². The van der Waals surface area contributed by atoms with E-state index in [0.29, 0.717) is 17.8 Å². The molecule has 0 aliphatic carbocycles. The van der Waals surface area contributed by atoms with E-state index in [9.17, 15) is 9.59 Å². The summed E-state index contributed by atoms with van der Waals surface area (Å²) in [6, 6.07) is 7.06. The molecule has 1 aromatic carbocycles. The summed E-state index contributed by atoms with van der Waals surface area (Å²) in [5.41, 5.74) is 5.98. The van der Waals surface area contributed by atoms with Crippen molar-refractivity contribution >= 4 is 23.2 Å². The van der Waals surface area contributed by atoms with Crippen LogP contribution in [-0.4, -0.2) is 17.4 Å². The molecule has 0 aliphatic heterocycles. The molecular formula is C16H25N3O2. The van der Waals surface area contributed by atoms with Gasteiger partial charge in [-0.15, -0.1) is 0 Å². The molecule has 1 aromatic rings. The van der Waals surface area contributed by atoms with E-state index in [2.05, 4.69) is 10.6 Å². The number of carbonyl (C=O) groups is 2. The number of benzene rings is 1. The Labute approximate surface area is 126 Å². The molecule has 0 aliphatic rings. The number of amides is 2. The SMILES string of the molecule is CCC(=O)Nc1cccc(NC(=O)C(C)(C)C(C)(C)N)c1. The first-order valence-corrected chi connectivity index (χ1v) is 7.08. The van der Waals surface area contributed by atoms with E-state index in [0.717, 1.165) is 0 Å². The Bertz CT molecular complexity index is 531. The molecule has 0 unspecified atom stereocenters. The summed E-state index contributed by atoms with van der Waals surface area (Å²) in [5.74, 6) is -0.226. The minimum Gasteiger partial charge on any atom is -0.326 e. The summed E-state index contributed by atoms with van der Waals surface area (Å²) in [4.78, 5) is 23.8. The third kappa shape index (κ3) is 4.29. The van der Waals surface area contributed by atoms with Crippen LogP contribution < -0.4 is 16.4 Å². The van der Waals surface area contributed by atoms with E-state index >= 15 is 0 Å². The van der Waals surface area contributed by atoms with Crippen LogP contribution >= 0.6 is 0 Å². The molecular weight excluding hydrogens is 266 g/mol. The monoisotopic (exact) mass is 291 g/mol. The van der Waals surface area contributed by atoms with Gasteiger partial charge in [-0.3, -0.25) is 9.59 Å². The van der Waals surface area contributed by atoms with Gasteiger partial charge in [-0.05, 0) is 45.9 Å². The fourth-order valence-electron chi connectivity index (χ4n) is 1.50. The Morgan fingerprint density at radius 2 is 1.62 bits per heavy atom. The van der Waals surface area contributed by atoms with Crippen molar-refractivity contribution in [1.82, 2.24) is 0 Å². The zero-order valence-electron chi connectivity index (χ0n) is 13.4. The highest BCUT2D eigenvalue weighted by molar-refractivity contribution is 5.97. The number of rotatable bonds is 5. The molecule has 0 saturated carbocycles. The molecule has 4 N–H and O–H groups in total. The lowest BCUT2D eigenvalue weighted by Crippen LogP contribution is -2.53. The summed E-state index contributed by atoms with van der Waals surface area (Å²) in [6.07, 6.45) is 0.408. The quantitative estimate of drug-likeness (QED) is 0.780. The van der Waals surface area contributed by atoms with Crippen molar-refractivity contribution < 1.29 is 9.59 Å². The lowest BCUT2D eigenvalue weighted by molar-refractivity contribution is -0.126. The Balaban J connectivity index is 2.87. The largest absolute Gasteiger partial charge is 0.326 e. The van der Waals surface area contributed by atoms with Crippen molar-refractivity contribution in [2.75, 3.05) is 10.6 Å². The molecule has 21 heavy (non-hydrogen) atoms. The Morgan fingerprint density at radius 1 is 1.10 bits per heavy atom. The minimum absolute atomic E-state index is 0.0677. The third-order valence-corrected chi connectivity index (χ3v) is 3.90. The van der Waals surface area contributed by atoms with Crippen LogP contribution in [0.4, 0.5) is 11.4 Å². The van der Waals surface area contributed by atoms with Gasteiger partial charge in [0.15, 0.2) is 0 Å². The van der Waals surface area contributed by atoms with E-state index in [4.69, 9.17) is 5.73 Å². The van der Waals surface area contributed by atoms with Crippen LogP contribution in [-0.2, 0) is 9.59 Å². The van der Waals surface area contributed by atoms with Gasteiger partial charge in [-0.2, -0.15) is 0 Å². The van der Waals surface area contributed by atoms with Gasteiger partial charge in [-0.25, -0.2) is 0 Å². The van der Waals surface area contributed by atoms with Gasteiger partial charge in [-0.1, -0.05) is 13.0 Å². The first kappa shape index (κ1) is 17.2. The number of nitrogens with two attached hydrogens (primary N) is 1. The maximum Gasteiger partial charge on any atom is 0.231 e. The number of carbonyl (C=O) groups excluding carboxylic acids is 2. The highest BCUT2D eigenvalue weighted by Gasteiger charge is 2.40. The summed E-state index contributed by atoms with van der Waals surface area (Å²) in [7, 11) is 0. The standard InChI is InChI=1S/C16H25N3O2/c1-6-13(20)18-11-8-7-9-12(10-11)19-14(21)15(2,3)16(4,5)17/h7-10H,6,17H2,1-5H3,(H,18,20)(H,19,21). The molecule has 5 nitrogen and oxygen atoms in total. The second kappa shape index (κ2) is 6.26. The number of anilines is 2. The van der Waals surface area contributed by atoms with Gasteiger partial charge in [0.1, 0.15) is 0 Å². The van der Waals surface area contributed by atoms with Crippen molar-refractivity contribution in [2.45, 2.75) is 46.6 Å². The Kier molecular flexibility index (Phi) is 5.12. The zero-order chi connectivity index (χ0) is 16.3. The Hall–Kier alpha value is -1.88. The zero-order valence-corrected chi connectivity index (χ0v) is 13.4. The number of hydrogen-bond acceptors (Lipinski definition) is 3. The Morgan fingerprint density at radius 3 is 2.10 bits per heavy atom. The molecule has 0 radical (unpaired) electrons. The molecule has 116 valence electrons. The van der Waals surface area contributed by atoms with Crippen LogP contribution in [0.2, 0.25) is 0 Å². The van der Waals surface area contributed by atoms with Gasteiger partial charge < -0.3 is 16.4 Å². The maximum absolute atomic E-state index is 12.4. The maximum atomic E-state index is 12.4. The van der Waals surface area contributed by atoms with E-state index in [1.165, 1.54) is 0 Å². The first-order valence-electron chi connectivity index (χ1n) is 7.08. The lowest BCUT2D eigenvalue weighted by atomic mass is 9.74. The molecule has 0 saturated heterocycles. The highest BCUT2D eigenvalue weighted by Crippen LogP contribution is 2.30. The van der Waals surface area contributed by atoms with Crippen LogP contribution in [0.3, 0.4) is 0 Å². The molecule has 2 amide bonds. The third-order valence-electron chi connectivity index (χ3n) is 3.90. The lowest BCUT2D eigenvalue weighted by Gasteiger charge is -2.36.